The second-order valence-corrected chi connectivity index (χ2v) is 3.39. The number of allylic oxidation sites excluding steroid dienone is 2. The molecule has 0 radical (unpaired) electrons. The first-order valence-electron chi connectivity index (χ1n) is 4.35. The minimum absolute atomic E-state index is 0.0397. The van der Waals surface area contributed by atoms with Gasteiger partial charge in [0.15, 0.2) is 0 Å². The van der Waals surface area contributed by atoms with Crippen LogP contribution in [0.2, 0.25) is 5.02 Å². The standard InChI is InChI=1S/C11H8ClN3O/c1-7(8(5-13)6-14)15-11-9(12)3-2-4-10(11)16/h2-4,15-16H,1H3. The number of benzene rings is 1. The van der Waals surface area contributed by atoms with Gasteiger partial charge >= 0.3 is 0 Å². The zero-order valence-corrected chi connectivity index (χ0v) is 9.21. The smallest absolute Gasteiger partial charge is 0.148 e. The molecule has 1 aromatic rings. The van der Waals surface area contributed by atoms with Gasteiger partial charge in [-0.1, -0.05) is 17.7 Å². The van der Waals surface area contributed by atoms with E-state index >= 15 is 0 Å². The number of nitrogens with one attached hydrogen (secondary N) is 1. The van der Waals surface area contributed by atoms with Gasteiger partial charge in [0.25, 0.3) is 0 Å². The van der Waals surface area contributed by atoms with Crippen LogP contribution < -0.4 is 5.32 Å². The number of hydrogen-bond acceptors (Lipinski definition) is 4. The lowest BCUT2D eigenvalue weighted by Crippen LogP contribution is -1.99. The summed E-state index contributed by atoms with van der Waals surface area (Å²) in [6, 6.07) is 8.13. The number of nitriles is 2. The maximum absolute atomic E-state index is 9.53. The maximum atomic E-state index is 9.53. The molecule has 0 spiro atoms. The van der Waals surface area contributed by atoms with Gasteiger partial charge in [-0.3, -0.25) is 0 Å². The van der Waals surface area contributed by atoms with Crippen molar-refractivity contribution in [2.24, 2.45) is 0 Å². The lowest BCUT2D eigenvalue weighted by atomic mass is 10.2. The van der Waals surface area contributed by atoms with Crippen LogP contribution in [0, 0.1) is 22.7 Å². The summed E-state index contributed by atoms with van der Waals surface area (Å²) < 4.78 is 0. The molecule has 0 saturated heterocycles. The quantitative estimate of drug-likeness (QED) is 0.608. The molecule has 1 aromatic carbocycles. The van der Waals surface area contributed by atoms with Crippen molar-refractivity contribution >= 4 is 17.3 Å². The summed E-state index contributed by atoms with van der Waals surface area (Å²) in [5.74, 6) is -0.0397. The number of phenols is 1. The Kier molecular flexibility index (Phi) is 3.77. The Morgan fingerprint density at radius 1 is 1.38 bits per heavy atom. The summed E-state index contributed by atoms with van der Waals surface area (Å²) in [6.45, 7) is 1.56. The van der Waals surface area contributed by atoms with Crippen LogP contribution in [0.4, 0.5) is 5.69 Å². The molecule has 1 rings (SSSR count). The Hall–Kier alpha value is -2.17. The molecule has 0 bridgehead atoms. The van der Waals surface area contributed by atoms with E-state index in [0.29, 0.717) is 10.7 Å². The van der Waals surface area contributed by atoms with E-state index in [1.807, 2.05) is 0 Å². The lowest BCUT2D eigenvalue weighted by Gasteiger charge is -2.10. The number of anilines is 1. The molecule has 0 saturated carbocycles. The Bertz CT molecular complexity index is 487. The van der Waals surface area contributed by atoms with Gasteiger partial charge < -0.3 is 10.4 Å². The van der Waals surface area contributed by atoms with Crippen molar-refractivity contribution in [1.29, 1.82) is 10.5 Å². The van der Waals surface area contributed by atoms with Gasteiger partial charge in [-0.25, -0.2) is 0 Å². The highest BCUT2D eigenvalue weighted by Gasteiger charge is 2.08. The van der Waals surface area contributed by atoms with E-state index in [1.54, 1.807) is 31.2 Å². The minimum atomic E-state index is -0.0562. The first kappa shape index (κ1) is 11.9. The fraction of sp³-hybridized carbons (Fsp3) is 0.0909. The number of hydrogen-bond donors (Lipinski definition) is 2. The van der Waals surface area contributed by atoms with Gasteiger partial charge in [-0.05, 0) is 19.1 Å². The summed E-state index contributed by atoms with van der Waals surface area (Å²) >= 11 is 5.85. The largest absolute Gasteiger partial charge is 0.506 e. The third kappa shape index (κ3) is 2.44. The Morgan fingerprint density at radius 3 is 2.50 bits per heavy atom. The molecule has 16 heavy (non-hydrogen) atoms. The third-order valence-electron chi connectivity index (χ3n) is 1.90. The summed E-state index contributed by atoms with van der Waals surface area (Å²) in [7, 11) is 0. The molecule has 0 fully saturated rings. The molecule has 5 heteroatoms. The highest BCUT2D eigenvalue weighted by molar-refractivity contribution is 6.33. The van der Waals surface area contributed by atoms with Crippen molar-refractivity contribution in [3.05, 3.63) is 34.5 Å². The van der Waals surface area contributed by atoms with Crippen molar-refractivity contribution in [2.75, 3.05) is 5.32 Å². The molecule has 4 nitrogen and oxygen atoms in total. The number of para-hydroxylation sites is 1. The summed E-state index contributed by atoms with van der Waals surface area (Å²) in [5, 5.41) is 29.9. The molecular formula is C11H8ClN3O. The number of phenolic OH excluding ortho intramolecular Hbond substituents is 1. The summed E-state index contributed by atoms with van der Waals surface area (Å²) in [5.41, 5.74) is 0.567. The topological polar surface area (TPSA) is 79.8 Å². The van der Waals surface area contributed by atoms with Gasteiger partial charge in [0.1, 0.15) is 23.5 Å². The van der Waals surface area contributed by atoms with Crippen molar-refractivity contribution in [1.82, 2.24) is 0 Å². The second-order valence-electron chi connectivity index (χ2n) is 2.98. The van der Waals surface area contributed by atoms with Crippen molar-refractivity contribution in [2.45, 2.75) is 6.92 Å². The van der Waals surface area contributed by atoms with Gasteiger partial charge in [-0.15, -0.1) is 0 Å². The highest BCUT2D eigenvalue weighted by atomic mass is 35.5. The molecule has 0 aliphatic heterocycles. The summed E-state index contributed by atoms with van der Waals surface area (Å²) in [4.78, 5) is 0. The Morgan fingerprint density at radius 2 is 2.00 bits per heavy atom. The van der Waals surface area contributed by atoms with Crippen LogP contribution in [0.3, 0.4) is 0 Å². The number of rotatable bonds is 2. The van der Waals surface area contributed by atoms with Crippen LogP contribution in [-0.4, -0.2) is 5.11 Å². The average Bonchev–Trinajstić information content (AvgIpc) is 2.25. The van der Waals surface area contributed by atoms with E-state index in [9.17, 15) is 5.11 Å². The van der Waals surface area contributed by atoms with E-state index in [1.165, 1.54) is 6.07 Å². The monoisotopic (exact) mass is 233 g/mol. The molecule has 0 amide bonds. The van der Waals surface area contributed by atoms with Crippen molar-refractivity contribution in [3.8, 4) is 17.9 Å². The number of nitrogens with zero attached hydrogens (tertiary/aromatic N) is 2. The van der Waals surface area contributed by atoms with E-state index in [4.69, 9.17) is 22.1 Å². The van der Waals surface area contributed by atoms with Gasteiger partial charge in [0.2, 0.25) is 0 Å². The Balaban J connectivity index is 3.13. The van der Waals surface area contributed by atoms with Crippen LogP contribution >= 0.6 is 11.6 Å². The molecular weight excluding hydrogens is 226 g/mol. The molecule has 0 atom stereocenters. The molecule has 0 aliphatic rings. The minimum Gasteiger partial charge on any atom is -0.506 e. The summed E-state index contributed by atoms with van der Waals surface area (Å²) in [6.07, 6.45) is 0. The first-order chi connectivity index (χ1) is 7.60. The fourth-order valence-electron chi connectivity index (χ4n) is 1.08. The van der Waals surface area contributed by atoms with Gasteiger partial charge in [0, 0.05) is 5.70 Å². The molecule has 0 aromatic heterocycles. The fourth-order valence-corrected chi connectivity index (χ4v) is 1.30. The van der Waals surface area contributed by atoms with Crippen LogP contribution in [0.5, 0.6) is 5.75 Å². The van der Waals surface area contributed by atoms with Crippen molar-refractivity contribution < 1.29 is 5.11 Å². The molecule has 2 N–H and O–H groups in total. The predicted molar refractivity (Wildman–Crippen MR) is 60.7 cm³/mol. The molecule has 0 unspecified atom stereocenters. The third-order valence-corrected chi connectivity index (χ3v) is 2.22. The average molecular weight is 234 g/mol. The van der Waals surface area contributed by atoms with E-state index in [0.717, 1.165) is 0 Å². The molecule has 0 heterocycles. The predicted octanol–water partition coefficient (Wildman–Crippen LogP) is 2.78. The van der Waals surface area contributed by atoms with Gasteiger partial charge in [-0.2, -0.15) is 10.5 Å². The first-order valence-corrected chi connectivity index (χ1v) is 4.73. The zero-order valence-electron chi connectivity index (χ0n) is 8.45. The molecule has 80 valence electrons. The van der Waals surface area contributed by atoms with Gasteiger partial charge in [0.05, 0.1) is 10.7 Å². The maximum Gasteiger partial charge on any atom is 0.148 e. The number of aromatic hydroxyl groups is 1. The van der Waals surface area contributed by atoms with E-state index in [-0.39, 0.29) is 17.0 Å². The van der Waals surface area contributed by atoms with Crippen LogP contribution in [-0.2, 0) is 0 Å². The molecule has 0 aliphatic carbocycles. The van der Waals surface area contributed by atoms with Crippen LogP contribution in [0.25, 0.3) is 0 Å². The zero-order chi connectivity index (χ0) is 12.1. The highest BCUT2D eigenvalue weighted by Crippen LogP contribution is 2.32. The van der Waals surface area contributed by atoms with Crippen molar-refractivity contribution in [3.63, 3.8) is 0 Å². The van der Waals surface area contributed by atoms with Crippen LogP contribution in [0.1, 0.15) is 6.92 Å². The SMILES string of the molecule is CC(Nc1c(O)cccc1Cl)=C(C#N)C#N. The lowest BCUT2D eigenvalue weighted by molar-refractivity contribution is 0.477. The second kappa shape index (κ2) is 5.06. The van der Waals surface area contributed by atoms with Crippen LogP contribution in [0.15, 0.2) is 29.5 Å². The van der Waals surface area contributed by atoms with E-state index < -0.39 is 0 Å². The van der Waals surface area contributed by atoms with E-state index in [2.05, 4.69) is 5.32 Å². The Labute approximate surface area is 98.0 Å². The normalized spacial score (nSPS) is 8.75. The number of halogens is 1.